The molecule has 2 aliphatic rings. The van der Waals surface area contributed by atoms with Gasteiger partial charge in [0.25, 0.3) is 0 Å². The van der Waals surface area contributed by atoms with Crippen LogP contribution in [0.2, 0.25) is 0 Å². The average molecular weight is 158 g/mol. The van der Waals surface area contributed by atoms with Gasteiger partial charge >= 0.3 is 0 Å². The molecule has 0 aromatic carbocycles. The topological polar surface area (TPSA) is 17.1 Å². The Kier molecular flexibility index (Phi) is 1.78. The van der Waals surface area contributed by atoms with Crippen LogP contribution in [0.3, 0.4) is 0 Å². The summed E-state index contributed by atoms with van der Waals surface area (Å²) in [5, 5.41) is 0. The van der Waals surface area contributed by atoms with Crippen molar-refractivity contribution in [3.05, 3.63) is 47.1 Å². The van der Waals surface area contributed by atoms with Crippen LogP contribution in [0.15, 0.2) is 47.1 Å². The first-order valence-electron chi connectivity index (χ1n) is 4.13. The van der Waals surface area contributed by atoms with Crippen LogP contribution in [-0.2, 0) is 4.79 Å². The van der Waals surface area contributed by atoms with Crippen LogP contribution in [0.5, 0.6) is 0 Å². The van der Waals surface area contributed by atoms with Gasteiger partial charge in [-0.15, -0.1) is 0 Å². The molecule has 0 heterocycles. The first-order valence-corrected chi connectivity index (χ1v) is 4.13. The molecule has 0 spiro atoms. The standard InChI is InChI=1S/C11H10O/c12-8-10-6-3-7-11(10)9-4-1-2-5-9/h1-4,6,8H,5,7H2. The third-order valence-corrected chi connectivity index (χ3v) is 2.25. The Hall–Kier alpha value is -1.37. The van der Waals surface area contributed by atoms with Crippen LogP contribution in [-0.4, -0.2) is 6.29 Å². The Labute approximate surface area is 71.8 Å². The minimum Gasteiger partial charge on any atom is -0.298 e. The van der Waals surface area contributed by atoms with Gasteiger partial charge in [0.15, 0.2) is 0 Å². The Morgan fingerprint density at radius 3 is 2.83 bits per heavy atom. The van der Waals surface area contributed by atoms with Crippen LogP contribution in [0.1, 0.15) is 12.8 Å². The fourth-order valence-corrected chi connectivity index (χ4v) is 1.62. The second-order valence-electron chi connectivity index (χ2n) is 2.98. The molecule has 0 amide bonds. The molecule has 2 aliphatic carbocycles. The smallest absolute Gasteiger partial charge is 0.150 e. The zero-order valence-corrected chi connectivity index (χ0v) is 6.79. The molecule has 0 radical (unpaired) electrons. The first kappa shape index (κ1) is 7.29. The number of rotatable bonds is 2. The van der Waals surface area contributed by atoms with Gasteiger partial charge in [0, 0.05) is 5.57 Å². The summed E-state index contributed by atoms with van der Waals surface area (Å²) in [5.41, 5.74) is 3.35. The average Bonchev–Trinajstić information content (AvgIpc) is 2.74. The van der Waals surface area contributed by atoms with Gasteiger partial charge in [-0.1, -0.05) is 30.4 Å². The third-order valence-electron chi connectivity index (χ3n) is 2.25. The highest BCUT2D eigenvalue weighted by Gasteiger charge is 2.12. The van der Waals surface area contributed by atoms with E-state index in [-0.39, 0.29) is 0 Å². The van der Waals surface area contributed by atoms with Crippen molar-refractivity contribution < 1.29 is 4.79 Å². The highest BCUT2D eigenvalue weighted by atomic mass is 16.1. The summed E-state index contributed by atoms with van der Waals surface area (Å²) < 4.78 is 0. The fraction of sp³-hybridized carbons (Fsp3) is 0.182. The van der Waals surface area contributed by atoms with E-state index < -0.39 is 0 Å². The van der Waals surface area contributed by atoms with Gasteiger partial charge in [-0.2, -0.15) is 0 Å². The predicted octanol–water partition coefficient (Wildman–Crippen LogP) is 2.33. The molecule has 0 fully saturated rings. The summed E-state index contributed by atoms with van der Waals surface area (Å²) in [4.78, 5) is 10.6. The van der Waals surface area contributed by atoms with Crippen LogP contribution < -0.4 is 0 Å². The molecule has 0 atom stereocenters. The maximum Gasteiger partial charge on any atom is 0.150 e. The monoisotopic (exact) mass is 158 g/mol. The van der Waals surface area contributed by atoms with E-state index in [0.29, 0.717) is 0 Å². The maximum atomic E-state index is 10.6. The molecule has 12 heavy (non-hydrogen) atoms. The normalized spacial score (nSPS) is 20.5. The molecule has 0 saturated heterocycles. The van der Waals surface area contributed by atoms with Crippen LogP contribution in [0.4, 0.5) is 0 Å². The summed E-state index contributed by atoms with van der Waals surface area (Å²) in [6.07, 6.45) is 13.0. The molecule has 1 nitrogen and oxygen atoms in total. The zero-order chi connectivity index (χ0) is 8.39. The number of aldehydes is 1. The lowest BCUT2D eigenvalue weighted by Crippen LogP contribution is -1.88. The molecule has 0 N–H and O–H groups in total. The first-order chi connectivity index (χ1) is 5.92. The van der Waals surface area contributed by atoms with E-state index >= 15 is 0 Å². The molecule has 0 aliphatic heterocycles. The van der Waals surface area contributed by atoms with Crippen LogP contribution in [0.25, 0.3) is 0 Å². The molecular weight excluding hydrogens is 148 g/mol. The fourth-order valence-electron chi connectivity index (χ4n) is 1.62. The zero-order valence-electron chi connectivity index (χ0n) is 6.79. The molecule has 1 heteroatoms. The summed E-state index contributed by atoms with van der Waals surface area (Å²) in [6, 6.07) is 0. The molecule has 0 aromatic heterocycles. The number of hydrogen-bond donors (Lipinski definition) is 0. The number of hydrogen-bond acceptors (Lipinski definition) is 1. The van der Waals surface area contributed by atoms with Crippen molar-refractivity contribution in [2.24, 2.45) is 0 Å². The van der Waals surface area contributed by atoms with Crippen molar-refractivity contribution >= 4 is 6.29 Å². The highest BCUT2D eigenvalue weighted by Crippen LogP contribution is 2.29. The van der Waals surface area contributed by atoms with Crippen molar-refractivity contribution in [3.63, 3.8) is 0 Å². The highest BCUT2D eigenvalue weighted by molar-refractivity contribution is 5.82. The van der Waals surface area contributed by atoms with Gasteiger partial charge in [0.1, 0.15) is 6.29 Å². The van der Waals surface area contributed by atoms with Gasteiger partial charge in [-0.25, -0.2) is 0 Å². The van der Waals surface area contributed by atoms with Gasteiger partial charge in [-0.05, 0) is 24.0 Å². The van der Waals surface area contributed by atoms with E-state index in [2.05, 4.69) is 12.2 Å². The van der Waals surface area contributed by atoms with E-state index in [4.69, 9.17) is 0 Å². The summed E-state index contributed by atoms with van der Waals surface area (Å²) >= 11 is 0. The van der Waals surface area contributed by atoms with E-state index in [1.807, 2.05) is 18.2 Å². The lowest BCUT2D eigenvalue weighted by atomic mass is 10.0. The molecule has 2 rings (SSSR count). The van der Waals surface area contributed by atoms with Crippen molar-refractivity contribution in [1.82, 2.24) is 0 Å². The van der Waals surface area contributed by atoms with Crippen molar-refractivity contribution in [2.45, 2.75) is 12.8 Å². The SMILES string of the molecule is O=CC1=C(C2=CC=CC2)CC=C1. The van der Waals surface area contributed by atoms with Gasteiger partial charge in [-0.3, -0.25) is 4.79 Å². The van der Waals surface area contributed by atoms with Gasteiger partial charge < -0.3 is 0 Å². The number of carbonyl (C=O) groups is 1. The van der Waals surface area contributed by atoms with Crippen molar-refractivity contribution in [2.75, 3.05) is 0 Å². The minimum atomic E-state index is 0.852. The van der Waals surface area contributed by atoms with Crippen LogP contribution >= 0.6 is 0 Å². The number of allylic oxidation sites excluding steroid dienone is 8. The predicted molar refractivity (Wildman–Crippen MR) is 48.7 cm³/mol. The molecule has 0 bridgehead atoms. The van der Waals surface area contributed by atoms with E-state index in [1.165, 1.54) is 11.1 Å². The lowest BCUT2D eigenvalue weighted by Gasteiger charge is -2.03. The molecule has 0 unspecified atom stereocenters. The number of carbonyl (C=O) groups excluding carboxylic acids is 1. The quantitative estimate of drug-likeness (QED) is 0.564. The Morgan fingerprint density at radius 2 is 2.17 bits per heavy atom. The van der Waals surface area contributed by atoms with E-state index in [9.17, 15) is 4.79 Å². The Bertz CT molecular complexity index is 327. The summed E-state index contributed by atoms with van der Waals surface area (Å²) in [5.74, 6) is 0. The second-order valence-corrected chi connectivity index (χ2v) is 2.98. The molecular formula is C11H10O. The molecule has 0 aromatic rings. The lowest BCUT2D eigenvalue weighted by molar-refractivity contribution is -0.104. The van der Waals surface area contributed by atoms with E-state index in [0.717, 1.165) is 24.7 Å². The van der Waals surface area contributed by atoms with Gasteiger partial charge in [0.05, 0.1) is 0 Å². The second kappa shape index (κ2) is 2.94. The largest absolute Gasteiger partial charge is 0.298 e. The Morgan fingerprint density at radius 1 is 1.25 bits per heavy atom. The van der Waals surface area contributed by atoms with Crippen molar-refractivity contribution in [3.8, 4) is 0 Å². The third kappa shape index (κ3) is 1.07. The van der Waals surface area contributed by atoms with E-state index in [1.54, 1.807) is 0 Å². The summed E-state index contributed by atoms with van der Waals surface area (Å²) in [6.45, 7) is 0. The maximum absolute atomic E-state index is 10.6. The van der Waals surface area contributed by atoms with Gasteiger partial charge in [0.2, 0.25) is 0 Å². The van der Waals surface area contributed by atoms with Crippen molar-refractivity contribution in [1.29, 1.82) is 0 Å². The molecule has 60 valence electrons. The molecule has 0 saturated carbocycles. The minimum absolute atomic E-state index is 0.852. The summed E-state index contributed by atoms with van der Waals surface area (Å²) in [7, 11) is 0. The van der Waals surface area contributed by atoms with Crippen LogP contribution in [0, 0.1) is 0 Å². The Balaban J connectivity index is 2.30.